The van der Waals surface area contributed by atoms with Gasteiger partial charge in [0, 0.05) is 25.4 Å². The van der Waals surface area contributed by atoms with Gasteiger partial charge in [0.25, 0.3) is 0 Å². The molecule has 0 spiro atoms. The van der Waals surface area contributed by atoms with Crippen molar-refractivity contribution in [2.75, 3.05) is 19.7 Å². The number of imidazole rings is 1. The largest absolute Gasteiger partial charge is 0.376 e. The molecule has 0 bridgehead atoms. The Bertz CT molecular complexity index is 1270. The standard InChI is InChI=1S/C25H30FN3O3S2/c1-18-5-3-11-28(15-18)34(30,31)22-9-10-24-23(14-22)27-25(29(24)16-21-8-4-12-32-21)33-17-19-6-2-7-20(26)13-19/h2,6-7,9-10,13-14,18,21H,3-5,8,11-12,15-17H2,1H3/t18-,21-/m1/s1. The molecule has 0 N–H and O–H groups in total. The normalized spacial score (nSPS) is 21.9. The monoisotopic (exact) mass is 503 g/mol. The van der Waals surface area contributed by atoms with Crippen molar-refractivity contribution in [1.29, 1.82) is 0 Å². The molecule has 3 aromatic rings. The molecule has 2 aromatic carbocycles. The summed E-state index contributed by atoms with van der Waals surface area (Å²) in [6.45, 7) is 4.65. The Hall–Kier alpha value is -1.94. The van der Waals surface area contributed by atoms with Crippen LogP contribution >= 0.6 is 11.8 Å². The van der Waals surface area contributed by atoms with Gasteiger partial charge in [-0.25, -0.2) is 17.8 Å². The fourth-order valence-corrected chi connectivity index (χ4v) is 7.40. The van der Waals surface area contributed by atoms with Gasteiger partial charge in [0.1, 0.15) is 5.82 Å². The number of thioether (sulfide) groups is 1. The summed E-state index contributed by atoms with van der Waals surface area (Å²) in [5, 5.41) is 0.788. The van der Waals surface area contributed by atoms with Gasteiger partial charge in [-0.15, -0.1) is 0 Å². The molecule has 0 amide bonds. The minimum atomic E-state index is -3.56. The molecule has 2 saturated heterocycles. The van der Waals surface area contributed by atoms with Gasteiger partial charge < -0.3 is 9.30 Å². The predicted octanol–water partition coefficient (Wildman–Crippen LogP) is 5.07. The number of piperidine rings is 1. The van der Waals surface area contributed by atoms with Crippen molar-refractivity contribution < 1.29 is 17.5 Å². The molecule has 9 heteroatoms. The lowest BCUT2D eigenvalue weighted by molar-refractivity contribution is 0.0960. The summed E-state index contributed by atoms with van der Waals surface area (Å²) >= 11 is 1.53. The first-order chi connectivity index (χ1) is 16.4. The summed E-state index contributed by atoms with van der Waals surface area (Å²) in [6, 6.07) is 11.8. The van der Waals surface area contributed by atoms with Crippen LogP contribution in [-0.4, -0.2) is 48.1 Å². The van der Waals surface area contributed by atoms with E-state index in [0.717, 1.165) is 48.5 Å². The van der Waals surface area contributed by atoms with E-state index in [2.05, 4.69) is 11.5 Å². The quantitative estimate of drug-likeness (QED) is 0.422. The SMILES string of the molecule is C[C@@H]1CCCN(S(=O)(=O)c2ccc3c(c2)nc(SCc2cccc(F)c2)n3C[C@H]2CCCO2)C1. The molecule has 182 valence electrons. The number of fused-ring (bicyclic) bond motifs is 1. The van der Waals surface area contributed by atoms with Crippen LogP contribution in [-0.2, 0) is 27.1 Å². The molecule has 3 heterocycles. The van der Waals surface area contributed by atoms with Crippen LogP contribution in [0.15, 0.2) is 52.5 Å². The minimum absolute atomic E-state index is 0.115. The number of aromatic nitrogens is 2. The summed E-state index contributed by atoms with van der Waals surface area (Å²) in [5.41, 5.74) is 2.43. The number of hydrogen-bond acceptors (Lipinski definition) is 5. The Morgan fingerprint density at radius 2 is 2.06 bits per heavy atom. The van der Waals surface area contributed by atoms with Crippen LogP contribution in [0.2, 0.25) is 0 Å². The van der Waals surface area contributed by atoms with E-state index >= 15 is 0 Å². The van der Waals surface area contributed by atoms with Crippen molar-refractivity contribution in [3.63, 3.8) is 0 Å². The smallest absolute Gasteiger partial charge is 0.243 e. The molecular formula is C25H30FN3O3S2. The summed E-state index contributed by atoms with van der Waals surface area (Å²) in [4.78, 5) is 5.11. The molecule has 5 rings (SSSR count). The maximum absolute atomic E-state index is 13.6. The third-order valence-electron chi connectivity index (χ3n) is 6.61. The number of halogens is 1. The van der Waals surface area contributed by atoms with Gasteiger partial charge in [0.15, 0.2) is 5.16 Å². The van der Waals surface area contributed by atoms with E-state index in [1.807, 2.05) is 12.1 Å². The highest BCUT2D eigenvalue weighted by Crippen LogP contribution is 2.31. The van der Waals surface area contributed by atoms with Crippen LogP contribution in [0.5, 0.6) is 0 Å². The number of sulfonamides is 1. The number of ether oxygens (including phenoxy) is 1. The van der Waals surface area contributed by atoms with E-state index in [-0.39, 0.29) is 16.8 Å². The van der Waals surface area contributed by atoms with E-state index in [9.17, 15) is 12.8 Å². The number of nitrogens with zero attached hydrogens (tertiary/aromatic N) is 3. The first kappa shape index (κ1) is 23.8. The van der Waals surface area contributed by atoms with E-state index in [1.54, 1.807) is 22.5 Å². The van der Waals surface area contributed by atoms with Crippen LogP contribution in [0.3, 0.4) is 0 Å². The Morgan fingerprint density at radius 3 is 2.82 bits per heavy atom. The van der Waals surface area contributed by atoms with E-state index in [1.165, 1.54) is 23.9 Å². The van der Waals surface area contributed by atoms with Gasteiger partial charge in [-0.05, 0) is 67.5 Å². The van der Waals surface area contributed by atoms with Crippen LogP contribution in [0.4, 0.5) is 4.39 Å². The van der Waals surface area contributed by atoms with Crippen LogP contribution in [0.1, 0.15) is 38.2 Å². The van der Waals surface area contributed by atoms with E-state index in [0.29, 0.717) is 36.8 Å². The molecule has 1 aromatic heterocycles. The zero-order valence-electron chi connectivity index (χ0n) is 19.3. The molecule has 0 saturated carbocycles. The average Bonchev–Trinajstić information content (AvgIpc) is 3.46. The molecule has 0 radical (unpaired) electrons. The first-order valence-electron chi connectivity index (χ1n) is 11.9. The fraction of sp³-hybridized carbons (Fsp3) is 0.480. The Balaban J connectivity index is 1.47. The minimum Gasteiger partial charge on any atom is -0.376 e. The molecule has 2 aliphatic heterocycles. The number of hydrogen-bond donors (Lipinski definition) is 0. The van der Waals surface area contributed by atoms with Gasteiger partial charge in [0.05, 0.1) is 28.6 Å². The second-order valence-electron chi connectivity index (χ2n) is 9.32. The van der Waals surface area contributed by atoms with Crippen LogP contribution in [0.25, 0.3) is 11.0 Å². The predicted molar refractivity (Wildman–Crippen MR) is 132 cm³/mol. The Morgan fingerprint density at radius 1 is 1.18 bits per heavy atom. The molecular weight excluding hydrogens is 473 g/mol. The second kappa shape index (κ2) is 9.97. The molecule has 2 aliphatic rings. The van der Waals surface area contributed by atoms with Gasteiger partial charge in [-0.1, -0.05) is 30.8 Å². The molecule has 6 nitrogen and oxygen atoms in total. The van der Waals surface area contributed by atoms with E-state index in [4.69, 9.17) is 9.72 Å². The topological polar surface area (TPSA) is 64.4 Å². The van der Waals surface area contributed by atoms with Crippen molar-refractivity contribution in [3.05, 3.63) is 53.8 Å². The zero-order valence-corrected chi connectivity index (χ0v) is 21.0. The molecule has 2 atom stereocenters. The Kier molecular flexibility index (Phi) is 6.97. The lowest BCUT2D eigenvalue weighted by Gasteiger charge is -2.30. The van der Waals surface area contributed by atoms with Gasteiger partial charge in [0.2, 0.25) is 10.0 Å². The summed E-state index contributed by atoms with van der Waals surface area (Å²) in [5.74, 6) is 0.681. The van der Waals surface area contributed by atoms with Gasteiger partial charge >= 0.3 is 0 Å². The van der Waals surface area contributed by atoms with Crippen molar-refractivity contribution in [2.24, 2.45) is 5.92 Å². The highest BCUT2D eigenvalue weighted by molar-refractivity contribution is 7.98. The first-order valence-corrected chi connectivity index (χ1v) is 14.3. The van der Waals surface area contributed by atoms with Gasteiger partial charge in [-0.3, -0.25) is 0 Å². The number of rotatable bonds is 7. The van der Waals surface area contributed by atoms with Crippen molar-refractivity contribution in [2.45, 2.75) is 61.1 Å². The summed E-state index contributed by atoms with van der Waals surface area (Å²) in [6.07, 6.45) is 4.10. The van der Waals surface area contributed by atoms with Crippen molar-refractivity contribution in [1.82, 2.24) is 13.9 Å². The van der Waals surface area contributed by atoms with Crippen molar-refractivity contribution >= 4 is 32.8 Å². The molecule has 0 unspecified atom stereocenters. The maximum atomic E-state index is 13.6. The lowest BCUT2D eigenvalue weighted by Crippen LogP contribution is -2.39. The molecule has 2 fully saturated rings. The molecule has 34 heavy (non-hydrogen) atoms. The second-order valence-corrected chi connectivity index (χ2v) is 12.2. The van der Waals surface area contributed by atoms with Gasteiger partial charge in [-0.2, -0.15) is 4.31 Å². The zero-order chi connectivity index (χ0) is 23.7. The van der Waals surface area contributed by atoms with Crippen molar-refractivity contribution in [3.8, 4) is 0 Å². The van der Waals surface area contributed by atoms with E-state index < -0.39 is 10.0 Å². The van der Waals surface area contributed by atoms with Crippen LogP contribution < -0.4 is 0 Å². The lowest BCUT2D eigenvalue weighted by atomic mass is 10.0. The number of benzene rings is 2. The molecule has 0 aliphatic carbocycles. The average molecular weight is 504 g/mol. The highest BCUT2D eigenvalue weighted by atomic mass is 32.2. The van der Waals surface area contributed by atoms with Crippen LogP contribution in [0, 0.1) is 11.7 Å². The highest BCUT2D eigenvalue weighted by Gasteiger charge is 2.29. The third kappa shape index (κ3) is 5.03. The summed E-state index contributed by atoms with van der Waals surface area (Å²) in [7, 11) is -3.56. The third-order valence-corrected chi connectivity index (χ3v) is 9.52. The summed E-state index contributed by atoms with van der Waals surface area (Å²) < 4.78 is 49.9. The Labute approximate surface area is 204 Å². The fourth-order valence-electron chi connectivity index (χ4n) is 4.81. The maximum Gasteiger partial charge on any atom is 0.243 e.